The molecule has 1 atom stereocenters. The maximum absolute atomic E-state index is 13.6. The molecule has 1 aromatic carbocycles. The minimum Gasteiger partial charge on any atom is -0.362 e. The van der Waals surface area contributed by atoms with Gasteiger partial charge in [-0.1, -0.05) is 6.07 Å². The van der Waals surface area contributed by atoms with Crippen LogP contribution < -0.4 is 10.2 Å². The van der Waals surface area contributed by atoms with E-state index in [0.717, 1.165) is 25.6 Å². The third-order valence-corrected chi connectivity index (χ3v) is 3.27. The topological polar surface area (TPSA) is 58.4 Å². The van der Waals surface area contributed by atoms with Crippen LogP contribution in [0.25, 0.3) is 0 Å². The Balaban J connectivity index is 2.41. The van der Waals surface area contributed by atoms with Crippen LogP contribution in [0, 0.1) is 15.9 Å². The highest BCUT2D eigenvalue weighted by atomic mass is 19.1. The van der Waals surface area contributed by atoms with Crippen LogP contribution in [0.1, 0.15) is 13.3 Å². The zero-order valence-corrected chi connectivity index (χ0v) is 10.2. The van der Waals surface area contributed by atoms with E-state index < -0.39 is 16.4 Å². The molecule has 1 saturated heterocycles. The molecule has 0 amide bonds. The van der Waals surface area contributed by atoms with Crippen molar-refractivity contribution in [1.82, 2.24) is 5.32 Å². The molecule has 6 heteroatoms. The fourth-order valence-corrected chi connectivity index (χ4v) is 2.45. The van der Waals surface area contributed by atoms with Gasteiger partial charge in [0.2, 0.25) is 5.82 Å². The molecule has 1 aliphatic rings. The number of nitro groups is 1. The standard InChI is InChI=1S/C12H16FN3O2/c1-2-15(9-6-7-14-8-9)11-5-3-4-10(13)12(11)16(17)18/h3-5,9,14H,2,6-8H2,1H3. The van der Waals surface area contributed by atoms with Crippen molar-refractivity contribution in [2.75, 3.05) is 24.5 Å². The summed E-state index contributed by atoms with van der Waals surface area (Å²) >= 11 is 0. The van der Waals surface area contributed by atoms with Crippen LogP contribution in [-0.4, -0.2) is 30.6 Å². The van der Waals surface area contributed by atoms with Gasteiger partial charge in [-0.05, 0) is 32.0 Å². The first-order valence-corrected chi connectivity index (χ1v) is 6.05. The maximum Gasteiger partial charge on any atom is 0.327 e. The molecule has 18 heavy (non-hydrogen) atoms. The minimum absolute atomic E-state index is 0.190. The second-order valence-corrected chi connectivity index (χ2v) is 4.30. The monoisotopic (exact) mass is 253 g/mol. The fourth-order valence-electron chi connectivity index (χ4n) is 2.45. The summed E-state index contributed by atoms with van der Waals surface area (Å²) < 4.78 is 13.6. The number of nitro benzene ring substituents is 1. The van der Waals surface area contributed by atoms with E-state index in [4.69, 9.17) is 0 Å². The van der Waals surface area contributed by atoms with Gasteiger partial charge in [0.1, 0.15) is 5.69 Å². The van der Waals surface area contributed by atoms with Crippen molar-refractivity contribution in [2.45, 2.75) is 19.4 Å². The molecule has 0 spiro atoms. The van der Waals surface area contributed by atoms with Gasteiger partial charge >= 0.3 is 5.69 Å². The Labute approximate surface area is 105 Å². The smallest absolute Gasteiger partial charge is 0.327 e. The SMILES string of the molecule is CCN(c1cccc(F)c1[N+](=O)[O-])C1CCNC1. The molecule has 1 aromatic rings. The lowest BCUT2D eigenvalue weighted by molar-refractivity contribution is -0.386. The van der Waals surface area contributed by atoms with Crippen molar-refractivity contribution in [3.63, 3.8) is 0 Å². The number of rotatable bonds is 4. The summed E-state index contributed by atoms with van der Waals surface area (Å²) in [7, 11) is 0. The van der Waals surface area contributed by atoms with E-state index in [1.165, 1.54) is 6.07 Å². The lowest BCUT2D eigenvalue weighted by Gasteiger charge is -2.28. The largest absolute Gasteiger partial charge is 0.362 e. The molecular weight excluding hydrogens is 237 g/mol. The Kier molecular flexibility index (Phi) is 3.76. The third-order valence-electron chi connectivity index (χ3n) is 3.27. The van der Waals surface area contributed by atoms with Crippen LogP contribution in [-0.2, 0) is 0 Å². The summed E-state index contributed by atoms with van der Waals surface area (Å²) in [5, 5.41) is 14.2. The second kappa shape index (κ2) is 5.30. The van der Waals surface area contributed by atoms with E-state index in [0.29, 0.717) is 12.2 Å². The lowest BCUT2D eigenvalue weighted by atomic mass is 10.1. The highest BCUT2D eigenvalue weighted by Gasteiger charge is 2.29. The first kappa shape index (κ1) is 12.8. The summed E-state index contributed by atoms with van der Waals surface area (Å²) in [4.78, 5) is 12.3. The van der Waals surface area contributed by atoms with Gasteiger partial charge in [0.05, 0.1) is 4.92 Å². The summed E-state index contributed by atoms with van der Waals surface area (Å²) in [6.07, 6.45) is 0.918. The average Bonchev–Trinajstić information content (AvgIpc) is 2.83. The highest BCUT2D eigenvalue weighted by Crippen LogP contribution is 2.32. The van der Waals surface area contributed by atoms with E-state index in [-0.39, 0.29) is 6.04 Å². The molecule has 0 aliphatic carbocycles. The molecule has 5 nitrogen and oxygen atoms in total. The van der Waals surface area contributed by atoms with Crippen LogP contribution in [0.4, 0.5) is 15.8 Å². The van der Waals surface area contributed by atoms with Gasteiger partial charge in [-0.15, -0.1) is 0 Å². The predicted octanol–water partition coefficient (Wildman–Crippen LogP) is 1.92. The Hall–Kier alpha value is -1.69. The molecule has 98 valence electrons. The molecule has 0 saturated carbocycles. The van der Waals surface area contributed by atoms with Crippen LogP contribution in [0.5, 0.6) is 0 Å². The van der Waals surface area contributed by atoms with Crippen molar-refractivity contribution in [2.24, 2.45) is 0 Å². The van der Waals surface area contributed by atoms with Gasteiger partial charge in [0, 0.05) is 19.1 Å². The summed E-state index contributed by atoms with van der Waals surface area (Å²) in [6, 6.07) is 4.45. The number of hydrogen-bond acceptors (Lipinski definition) is 4. The quantitative estimate of drug-likeness (QED) is 0.658. The summed E-state index contributed by atoms with van der Waals surface area (Å²) in [5.41, 5.74) is -0.0533. The average molecular weight is 253 g/mol. The second-order valence-electron chi connectivity index (χ2n) is 4.30. The van der Waals surface area contributed by atoms with Crippen molar-refractivity contribution in [1.29, 1.82) is 0 Å². The van der Waals surface area contributed by atoms with Gasteiger partial charge in [-0.3, -0.25) is 10.1 Å². The summed E-state index contributed by atoms with van der Waals surface area (Å²) in [5.74, 6) is -0.776. The first-order chi connectivity index (χ1) is 8.65. The van der Waals surface area contributed by atoms with Crippen molar-refractivity contribution in [3.05, 3.63) is 34.1 Å². The number of para-hydroxylation sites is 1. The van der Waals surface area contributed by atoms with Crippen LogP contribution in [0.2, 0.25) is 0 Å². The molecule has 0 aromatic heterocycles. The van der Waals surface area contributed by atoms with Gasteiger partial charge in [-0.2, -0.15) is 4.39 Å². The van der Waals surface area contributed by atoms with Crippen LogP contribution in [0.3, 0.4) is 0 Å². The Bertz CT molecular complexity index is 447. The minimum atomic E-state index is -0.776. The molecule has 0 radical (unpaired) electrons. The van der Waals surface area contributed by atoms with Crippen molar-refractivity contribution < 1.29 is 9.31 Å². The predicted molar refractivity (Wildman–Crippen MR) is 67.3 cm³/mol. The van der Waals surface area contributed by atoms with Gasteiger partial charge in [0.15, 0.2) is 0 Å². The number of benzene rings is 1. The Morgan fingerprint density at radius 2 is 2.39 bits per heavy atom. The van der Waals surface area contributed by atoms with Crippen molar-refractivity contribution in [3.8, 4) is 0 Å². The van der Waals surface area contributed by atoms with E-state index >= 15 is 0 Å². The van der Waals surface area contributed by atoms with E-state index in [9.17, 15) is 14.5 Å². The van der Waals surface area contributed by atoms with Gasteiger partial charge in [-0.25, -0.2) is 0 Å². The zero-order valence-electron chi connectivity index (χ0n) is 10.2. The number of likely N-dealkylation sites (N-methyl/N-ethyl adjacent to an activating group) is 1. The molecule has 1 heterocycles. The number of nitrogens with zero attached hydrogens (tertiary/aromatic N) is 2. The van der Waals surface area contributed by atoms with Crippen LogP contribution in [0.15, 0.2) is 18.2 Å². The number of hydrogen-bond donors (Lipinski definition) is 1. The van der Waals surface area contributed by atoms with Crippen molar-refractivity contribution >= 4 is 11.4 Å². The molecule has 1 unspecified atom stereocenters. The Morgan fingerprint density at radius 1 is 1.61 bits per heavy atom. The lowest BCUT2D eigenvalue weighted by Crippen LogP contribution is -2.37. The number of halogens is 1. The molecular formula is C12H16FN3O2. The fraction of sp³-hybridized carbons (Fsp3) is 0.500. The molecule has 2 rings (SSSR count). The molecule has 0 bridgehead atoms. The van der Waals surface area contributed by atoms with E-state index in [1.807, 2.05) is 11.8 Å². The van der Waals surface area contributed by atoms with Gasteiger partial charge < -0.3 is 10.2 Å². The maximum atomic E-state index is 13.6. The molecule has 1 fully saturated rings. The first-order valence-electron chi connectivity index (χ1n) is 6.05. The normalized spacial score (nSPS) is 18.9. The number of nitrogens with one attached hydrogen (secondary N) is 1. The molecule has 1 aliphatic heterocycles. The highest BCUT2D eigenvalue weighted by molar-refractivity contribution is 5.64. The molecule has 1 N–H and O–H groups in total. The van der Waals surface area contributed by atoms with E-state index in [2.05, 4.69) is 5.32 Å². The third kappa shape index (κ3) is 2.28. The number of anilines is 1. The Morgan fingerprint density at radius 3 is 2.94 bits per heavy atom. The van der Waals surface area contributed by atoms with Gasteiger partial charge in [0.25, 0.3) is 0 Å². The summed E-state index contributed by atoms with van der Waals surface area (Å²) in [6.45, 7) is 4.22. The van der Waals surface area contributed by atoms with E-state index in [1.54, 1.807) is 6.07 Å². The van der Waals surface area contributed by atoms with Crippen LogP contribution >= 0.6 is 0 Å². The zero-order chi connectivity index (χ0) is 13.1.